The maximum atomic E-state index is 12.6. The first-order chi connectivity index (χ1) is 12.6. The maximum absolute atomic E-state index is 12.6. The number of benzene rings is 2. The van der Waals surface area contributed by atoms with Crippen molar-refractivity contribution in [3.8, 4) is 0 Å². The molecular weight excluding hydrogens is 328 g/mol. The molecule has 1 heterocycles. The Kier molecular flexibility index (Phi) is 5.46. The minimum atomic E-state index is -0.978. The number of carboxylic acids is 1. The number of amides is 1. The van der Waals surface area contributed by atoms with Gasteiger partial charge < -0.3 is 5.11 Å². The fourth-order valence-electron chi connectivity index (χ4n) is 3.11. The monoisotopic (exact) mass is 350 g/mol. The minimum absolute atomic E-state index is 0.0511. The summed E-state index contributed by atoms with van der Waals surface area (Å²) in [5.41, 5.74) is 4.08. The van der Waals surface area contributed by atoms with Crippen molar-refractivity contribution in [2.45, 2.75) is 38.6 Å². The molecule has 1 amide bonds. The second-order valence-electron chi connectivity index (χ2n) is 6.36. The topological polar surface area (TPSA) is 70.0 Å². The van der Waals surface area contributed by atoms with Crippen LogP contribution in [0.25, 0.3) is 0 Å². The van der Waals surface area contributed by atoms with Crippen LogP contribution in [0.15, 0.2) is 59.7 Å². The van der Waals surface area contributed by atoms with Crippen molar-refractivity contribution in [1.82, 2.24) is 5.01 Å². The van der Waals surface area contributed by atoms with Crippen LogP contribution in [-0.2, 0) is 16.0 Å². The molecule has 0 radical (unpaired) electrons. The smallest absolute Gasteiger partial charge is 0.303 e. The van der Waals surface area contributed by atoms with E-state index in [1.807, 2.05) is 42.5 Å². The van der Waals surface area contributed by atoms with Gasteiger partial charge in [0.2, 0.25) is 5.91 Å². The first-order valence-corrected chi connectivity index (χ1v) is 8.84. The van der Waals surface area contributed by atoms with Crippen LogP contribution >= 0.6 is 0 Å². The van der Waals surface area contributed by atoms with Crippen molar-refractivity contribution >= 4 is 17.6 Å². The molecule has 5 heteroatoms. The Morgan fingerprint density at radius 1 is 1.08 bits per heavy atom. The Balaban J connectivity index is 1.88. The molecule has 0 saturated carbocycles. The third kappa shape index (κ3) is 3.99. The Hall–Kier alpha value is -2.95. The molecule has 1 aliphatic rings. The van der Waals surface area contributed by atoms with Crippen molar-refractivity contribution in [1.29, 1.82) is 0 Å². The van der Waals surface area contributed by atoms with Gasteiger partial charge in [-0.2, -0.15) is 5.10 Å². The van der Waals surface area contributed by atoms with E-state index in [0.29, 0.717) is 6.42 Å². The first kappa shape index (κ1) is 17.9. The SMILES string of the molecule is CCc1ccc([C@@H]2CC(c3ccccc3)=NN2C(=O)CCC(=O)O)cc1. The highest BCUT2D eigenvalue weighted by Gasteiger charge is 2.32. The van der Waals surface area contributed by atoms with Gasteiger partial charge in [0.05, 0.1) is 18.2 Å². The van der Waals surface area contributed by atoms with Crippen LogP contribution in [0.2, 0.25) is 0 Å². The van der Waals surface area contributed by atoms with Crippen molar-refractivity contribution in [3.05, 3.63) is 71.3 Å². The standard InChI is InChI=1S/C21H22N2O3/c1-2-15-8-10-17(11-9-15)19-14-18(16-6-4-3-5-7-16)22-23(19)20(24)12-13-21(25)26/h3-11,19H,2,12-14H2,1H3,(H,25,26)/t19-/m0/s1. The summed E-state index contributed by atoms with van der Waals surface area (Å²) in [5.74, 6) is -1.24. The van der Waals surface area contributed by atoms with Gasteiger partial charge in [0.1, 0.15) is 0 Å². The van der Waals surface area contributed by atoms with Crippen LogP contribution in [0, 0.1) is 0 Å². The van der Waals surface area contributed by atoms with E-state index in [1.54, 1.807) is 0 Å². The minimum Gasteiger partial charge on any atom is -0.481 e. The lowest BCUT2D eigenvalue weighted by molar-refractivity contribution is -0.141. The third-order valence-electron chi connectivity index (χ3n) is 4.60. The number of hydrogen-bond donors (Lipinski definition) is 1. The molecule has 0 saturated heterocycles. The molecule has 1 atom stereocenters. The van der Waals surface area contributed by atoms with Gasteiger partial charge >= 0.3 is 5.97 Å². The molecular formula is C21H22N2O3. The fraction of sp³-hybridized carbons (Fsp3) is 0.286. The van der Waals surface area contributed by atoms with Crippen LogP contribution in [0.1, 0.15) is 48.9 Å². The highest BCUT2D eigenvalue weighted by molar-refractivity contribution is 6.03. The summed E-state index contributed by atoms with van der Waals surface area (Å²) in [6, 6.07) is 17.8. The van der Waals surface area contributed by atoms with E-state index in [-0.39, 0.29) is 24.8 Å². The molecule has 2 aromatic carbocycles. The third-order valence-corrected chi connectivity index (χ3v) is 4.60. The van der Waals surface area contributed by atoms with Gasteiger partial charge in [-0.1, -0.05) is 61.5 Å². The molecule has 0 unspecified atom stereocenters. The maximum Gasteiger partial charge on any atom is 0.303 e. The average Bonchev–Trinajstić information content (AvgIpc) is 3.12. The molecule has 3 rings (SSSR count). The Morgan fingerprint density at radius 3 is 2.38 bits per heavy atom. The number of aliphatic carboxylic acids is 1. The molecule has 5 nitrogen and oxygen atoms in total. The predicted octanol–water partition coefficient (Wildman–Crippen LogP) is 3.79. The fourth-order valence-corrected chi connectivity index (χ4v) is 3.11. The van der Waals surface area contributed by atoms with Crippen molar-refractivity contribution in [3.63, 3.8) is 0 Å². The van der Waals surface area contributed by atoms with Gasteiger partial charge in [0.25, 0.3) is 0 Å². The van der Waals surface area contributed by atoms with E-state index >= 15 is 0 Å². The Morgan fingerprint density at radius 2 is 1.77 bits per heavy atom. The number of carbonyl (C=O) groups is 2. The molecule has 0 aliphatic carbocycles. The van der Waals surface area contributed by atoms with E-state index in [2.05, 4.69) is 24.2 Å². The molecule has 1 aliphatic heterocycles. The largest absolute Gasteiger partial charge is 0.481 e. The van der Waals surface area contributed by atoms with Gasteiger partial charge in [-0.15, -0.1) is 0 Å². The number of hydrogen-bond acceptors (Lipinski definition) is 3. The highest BCUT2D eigenvalue weighted by Crippen LogP contribution is 2.33. The van der Waals surface area contributed by atoms with E-state index in [9.17, 15) is 9.59 Å². The molecule has 2 aromatic rings. The zero-order valence-corrected chi connectivity index (χ0v) is 14.8. The van der Waals surface area contributed by atoms with Crippen molar-refractivity contribution < 1.29 is 14.7 Å². The number of carbonyl (C=O) groups excluding carboxylic acids is 1. The van der Waals surface area contributed by atoms with Crippen molar-refractivity contribution in [2.75, 3.05) is 0 Å². The van der Waals surface area contributed by atoms with Gasteiger partial charge in [0.15, 0.2) is 0 Å². The zero-order chi connectivity index (χ0) is 18.5. The summed E-state index contributed by atoms with van der Waals surface area (Å²) in [6.45, 7) is 2.10. The van der Waals surface area contributed by atoms with Crippen molar-refractivity contribution in [2.24, 2.45) is 5.10 Å². The lowest BCUT2D eigenvalue weighted by Gasteiger charge is -2.22. The lowest BCUT2D eigenvalue weighted by atomic mass is 9.97. The lowest BCUT2D eigenvalue weighted by Crippen LogP contribution is -2.27. The number of carboxylic acid groups (broad SMARTS) is 1. The predicted molar refractivity (Wildman–Crippen MR) is 99.9 cm³/mol. The van der Waals surface area contributed by atoms with E-state index in [4.69, 9.17) is 5.11 Å². The first-order valence-electron chi connectivity index (χ1n) is 8.84. The summed E-state index contributed by atoms with van der Waals surface area (Å²) in [4.78, 5) is 23.4. The summed E-state index contributed by atoms with van der Waals surface area (Å²) in [5, 5.41) is 14.9. The zero-order valence-electron chi connectivity index (χ0n) is 14.8. The second kappa shape index (κ2) is 7.95. The quantitative estimate of drug-likeness (QED) is 0.862. The molecule has 26 heavy (non-hydrogen) atoms. The van der Waals surface area contributed by atoms with Crippen LogP contribution in [0.4, 0.5) is 0 Å². The van der Waals surface area contributed by atoms with Gasteiger partial charge in [0, 0.05) is 12.8 Å². The van der Waals surface area contributed by atoms with E-state index in [1.165, 1.54) is 10.6 Å². The summed E-state index contributed by atoms with van der Waals surface area (Å²) in [6.07, 6.45) is 1.34. The number of rotatable bonds is 6. The second-order valence-corrected chi connectivity index (χ2v) is 6.36. The normalized spacial score (nSPS) is 16.4. The highest BCUT2D eigenvalue weighted by atomic mass is 16.4. The number of aryl methyl sites for hydroxylation is 1. The van der Waals surface area contributed by atoms with Gasteiger partial charge in [-0.25, -0.2) is 5.01 Å². The van der Waals surface area contributed by atoms with Crippen LogP contribution < -0.4 is 0 Å². The van der Waals surface area contributed by atoms with Gasteiger partial charge in [-0.3, -0.25) is 9.59 Å². The molecule has 0 spiro atoms. The van der Waals surface area contributed by atoms with Crippen LogP contribution in [-0.4, -0.2) is 27.7 Å². The van der Waals surface area contributed by atoms with Crippen LogP contribution in [0.5, 0.6) is 0 Å². The molecule has 0 aromatic heterocycles. The summed E-state index contributed by atoms with van der Waals surface area (Å²) in [7, 11) is 0. The summed E-state index contributed by atoms with van der Waals surface area (Å²) >= 11 is 0. The van der Waals surface area contributed by atoms with E-state index in [0.717, 1.165) is 23.3 Å². The van der Waals surface area contributed by atoms with Gasteiger partial charge in [-0.05, 0) is 23.1 Å². The molecule has 0 fully saturated rings. The number of hydrazone groups is 1. The molecule has 0 bridgehead atoms. The summed E-state index contributed by atoms with van der Waals surface area (Å²) < 4.78 is 0. The Labute approximate surface area is 153 Å². The van der Waals surface area contributed by atoms with E-state index < -0.39 is 5.97 Å². The average molecular weight is 350 g/mol. The Bertz CT molecular complexity index is 813. The molecule has 134 valence electrons. The number of nitrogens with zero attached hydrogens (tertiary/aromatic N) is 2. The van der Waals surface area contributed by atoms with Crippen LogP contribution in [0.3, 0.4) is 0 Å². The molecule has 1 N–H and O–H groups in total.